The summed E-state index contributed by atoms with van der Waals surface area (Å²) in [6.07, 6.45) is 11.0. The molecule has 0 bridgehead atoms. The second-order valence-electron chi connectivity index (χ2n) is 11.5. The minimum Gasteiger partial charge on any atom is -0.477 e. The number of thiophene rings is 1. The largest absolute Gasteiger partial charge is 0.477 e. The molecule has 2 aromatic heterocycles. The third-order valence-electron chi connectivity index (χ3n) is 7.56. The normalized spacial score (nSPS) is 21.6. The van der Waals surface area contributed by atoms with Crippen molar-refractivity contribution in [3.63, 3.8) is 0 Å². The number of rotatable bonds is 6. The first-order valence-electron chi connectivity index (χ1n) is 13.2. The molecule has 0 aliphatic heterocycles. The van der Waals surface area contributed by atoms with Gasteiger partial charge in [-0.3, -0.25) is 4.79 Å². The van der Waals surface area contributed by atoms with E-state index in [4.69, 9.17) is 0 Å². The van der Waals surface area contributed by atoms with E-state index in [0.29, 0.717) is 21.7 Å². The van der Waals surface area contributed by atoms with Gasteiger partial charge < -0.3 is 14.6 Å². The van der Waals surface area contributed by atoms with E-state index in [1.54, 1.807) is 25.0 Å². The molecule has 2 aliphatic rings. The highest BCUT2D eigenvalue weighted by Crippen LogP contribution is 2.50. The summed E-state index contributed by atoms with van der Waals surface area (Å²) in [5.41, 5.74) is -0.0226. The lowest BCUT2D eigenvalue weighted by Crippen LogP contribution is -2.58. The van der Waals surface area contributed by atoms with Crippen molar-refractivity contribution >= 4 is 40.7 Å². The summed E-state index contributed by atoms with van der Waals surface area (Å²) >= 11 is 2.97. The number of hydrogen-bond donors (Lipinski definition) is 1. The Morgan fingerprint density at radius 3 is 2.41 bits per heavy atom. The van der Waals surface area contributed by atoms with Gasteiger partial charge in [0.15, 0.2) is 5.16 Å². The Hall–Kier alpha value is -2.31. The lowest BCUT2D eigenvalue weighted by Gasteiger charge is -2.52. The molecule has 1 amide bonds. The van der Waals surface area contributed by atoms with Crippen LogP contribution in [0.1, 0.15) is 100 Å². The molecule has 2 aliphatic carbocycles. The van der Waals surface area contributed by atoms with Gasteiger partial charge in [-0.15, -0.1) is 21.5 Å². The van der Waals surface area contributed by atoms with Crippen LogP contribution in [0.5, 0.6) is 0 Å². The molecule has 0 aromatic carbocycles. The number of carbonyl (C=O) groups is 2. The van der Waals surface area contributed by atoms with Gasteiger partial charge in [0.1, 0.15) is 11.2 Å². The second kappa shape index (κ2) is 11.2. The van der Waals surface area contributed by atoms with Crippen LogP contribution in [0, 0.1) is 23.2 Å². The number of aromatic nitrogens is 3. The first kappa shape index (κ1) is 27.7. The lowest BCUT2D eigenvalue weighted by molar-refractivity contribution is -0.118. The van der Waals surface area contributed by atoms with Crippen molar-refractivity contribution in [1.29, 1.82) is 0 Å². The van der Waals surface area contributed by atoms with Gasteiger partial charge >= 0.3 is 5.97 Å². The molecule has 7 nitrogen and oxygen atoms in total. The lowest BCUT2D eigenvalue weighted by atomic mass is 9.66. The van der Waals surface area contributed by atoms with E-state index in [0.717, 1.165) is 62.9 Å². The molecule has 0 saturated heterocycles. The quantitative estimate of drug-likeness (QED) is 0.426. The van der Waals surface area contributed by atoms with Crippen molar-refractivity contribution in [1.82, 2.24) is 14.8 Å². The first-order valence-corrected chi connectivity index (χ1v) is 14.9. The van der Waals surface area contributed by atoms with E-state index < -0.39 is 5.97 Å². The Balaban J connectivity index is 1.66. The van der Waals surface area contributed by atoms with E-state index in [9.17, 15) is 14.7 Å². The van der Waals surface area contributed by atoms with Crippen LogP contribution in [-0.2, 0) is 11.8 Å². The summed E-state index contributed by atoms with van der Waals surface area (Å²) in [5, 5.41) is 19.8. The summed E-state index contributed by atoms with van der Waals surface area (Å²) in [6.45, 7) is 7.69. The molecule has 2 fully saturated rings. The number of carboxylic acids is 1. The Labute approximate surface area is 228 Å². The minimum absolute atomic E-state index is 0.0758. The fraction of sp³-hybridized carbons (Fsp3) is 0.643. The molecule has 9 heteroatoms. The molecule has 1 N–H and O–H groups in total. The molecule has 37 heavy (non-hydrogen) atoms. The smallest absolute Gasteiger partial charge is 0.348 e. The van der Waals surface area contributed by atoms with Gasteiger partial charge in [0.05, 0.1) is 16.1 Å². The fourth-order valence-corrected chi connectivity index (χ4v) is 7.91. The van der Waals surface area contributed by atoms with Gasteiger partial charge in [0, 0.05) is 24.6 Å². The van der Waals surface area contributed by atoms with Crippen molar-refractivity contribution < 1.29 is 14.7 Å². The van der Waals surface area contributed by atoms with Crippen molar-refractivity contribution in [2.45, 2.75) is 101 Å². The van der Waals surface area contributed by atoms with Gasteiger partial charge in [-0.2, -0.15) is 0 Å². The zero-order chi connectivity index (χ0) is 26.8. The molecule has 0 spiro atoms. The third kappa shape index (κ3) is 6.23. The maximum atomic E-state index is 13.4. The standard InChI is InChI=1S/C28H38N4O3S2/c1-19(33)32(23-17-22(13-16-27(2,3)4)36-24(23)25(34)35)28(14-7-6-8-15-28)20-9-11-21(12-10-20)37-26-30-29-18-31(26)5/h17-18,20-21H,6-12,14-15H2,1-5H3,(H,34,35). The zero-order valence-corrected chi connectivity index (χ0v) is 24.2. The van der Waals surface area contributed by atoms with E-state index in [1.165, 1.54) is 11.3 Å². The van der Waals surface area contributed by atoms with Crippen LogP contribution in [0.4, 0.5) is 5.69 Å². The van der Waals surface area contributed by atoms with Crippen LogP contribution in [0.25, 0.3) is 0 Å². The molecule has 0 unspecified atom stereocenters. The summed E-state index contributed by atoms with van der Waals surface area (Å²) in [7, 11) is 1.97. The zero-order valence-electron chi connectivity index (χ0n) is 22.5. The molecular formula is C28H38N4O3S2. The highest BCUT2D eigenvalue weighted by Gasteiger charge is 2.48. The van der Waals surface area contributed by atoms with Crippen LogP contribution >= 0.6 is 23.1 Å². The Kier molecular flexibility index (Phi) is 8.39. The molecule has 0 atom stereocenters. The highest BCUT2D eigenvalue weighted by molar-refractivity contribution is 7.99. The Bertz CT molecular complexity index is 1190. The molecule has 200 valence electrons. The topological polar surface area (TPSA) is 88.3 Å². The van der Waals surface area contributed by atoms with Crippen molar-refractivity contribution in [3.05, 3.63) is 22.1 Å². The minimum atomic E-state index is -0.996. The van der Waals surface area contributed by atoms with Crippen LogP contribution < -0.4 is 4.90 Å². The van der Waals surface area contributed by atoms with E-state index in [1.807, 2.05) is 43.4 Å². The molecule has 4 rings (SSSR count). The van der Waals surface area contributed by atoms with E-state index in [2.05, 4.69) is 22.0 Å². The number of amides is 1. The summed E-state index contributed by atoms with van der Waals surface area (Å²) in [5.74, 6) is 5.65. The Morgan fingerprint density at radius 2 is 1.86 bits per heavy atom. The van der Waals surface area contributed by atoms with Gasteiger partial charge in [0.25, 0.3) is 0 Å². The van der Waals surface area contributed by atoms with Crippen molar-refractivity contribution in [3.8, 4) is 11.8 Å². The summed E-state index contributed by atoms with van der Waals surface area (Å²) in [4.78, 5) is 28.5. The highest BCUT2D eigenvalue weighted by atomic mass is 32.2. The second-order valence-corrected chi connectivity index (χ2v) is 13.8. The number of aromatic carboxylic acids is 1. The van der Waals surface area contributed by atoms with E-state index >= 15 is 0 Å². The van der Waals surface area contributed by atoms with Crippen molar-refractivity contribution in [2.75, 3.05) is 4.90 Å². The average Bonchev–Trinajstić information content (AvgIpc) is 3.44. The number of hydrogen-bond acceptors (Lipinski definition) is 6. The van der Waals surface area contributed by atoms with Gasteiger partial charge in [-0.1, -0.05) is 42.9 Å². The molecule has 2 saturated carbocycles. The molecule has 2 heterocycles. The molecular weight excluding hydrogens is 504 g/mol. The Morgan fingerprint density at radius 1 is 1.19 bits per heavy atom. The van der Waals surface area contributed by atoms with Crippen LogP contribution in [0.3, 0.4) is 0 Å². The molecule has 0 radical (unpaired) electrons. The van der Waals surface area contributed by atoms with Crippen LogP contribution in [-0.4, -0.2) is 42.5 Å². The third-order valence-corrected chi connectivity index (χ3v) is 9.98. The number of anilines is 1. The summed E-state index contributed by atoms with van der Waals surface area (Å²) in [6, 6.07) is 1.85. The molecule has 2 aromatic rings. The van der Waals surface area contributed by atoms with Gasteiger partial charge in [-0.05, 0) is 71.3 Å². The number of nitrogens with zero attached hydrogens (tertiary/aromatic N) is 4. The van der Waals surface area contributed by atoms with Crippen LogP contribution in [0.2, 0.25) is 0 Å². The van der Waals surface area contributed by atoms with Gasteiger partial charge in [0.2, 0.25) is 5.91 Å². The maximum Gasteiger partial charge on any atom is 0.348 e. The number of thioether (sulfide) groups is 1. The summed E-state index contributed by atoms with van der Waals surface area (Å²) < 4.78 is 1.96. The van der Waals surface area contributed by atoms with E-state index in [-0.39, 0.29) is 21.7 Å². The first-order chi connectivity index (χ1) is 17.5. The number of carboxylic acid groups (broad SMARTS) is 1. The predicted octanol–water partition coefficient (Wildman–Crippen LogP) is 6.38. The van der Waals surface area contributed by atoms with Crippen molar-refractivity contribution in [2.24, 2.45) is 18.4 Å². The fourth-order valence-electron chi connectivity index (χ4n) is 5.96. The monoisotopic (exact) mass is 542 g/mol. The average molecular weight is 543 g/mol. The predicted molar refractivity (Wildman–Crippen MR) is 149 cm³/mol. The number of carbonyl (C=O) groups excluding carboxylic acids is 1. The maximum absolute atomic E-state index is 13.4. The SMILES string of the molecule is CC(=O)N(c1cc(C#CC(C)(C)C)sc1C(=O)O)C1(C2CCC(Sc3nncn3C)CC2)CCCCC1. The van der Waals surface area contributed by atoms with Gasteiger partial charge in [-0.25, -0.2) is 4.79 Å². The van der Waals surface area contributed by atoms with Crippen LogP contribution in [0.15, 0.2) is 17.6 Å². The number of aryl methyl sites for hydroxylation is 1.